The number of hydrogen-bond acceptors (Lipinski definition) is 3. The van der Waals surface area contributed by atoms with Crippen LogP contribution in [0.1, 0.15) is 0 Å². The maximum absolute atomic E-state index is 5.14. The van der Waals surface area contributed by atoms with Gasteiger partial charge >= 0.3 is 0 Å². The summed E-state index contributed by atoms with van der Waals surface area (Å²) >= 11 is 0. The zero-order valence-electron chi connectivity index (χ0n) is 30.3. The highest BCUT2D eigenvalue weighted by Crippen LogP contribution is 2.35. The molecule has 0 N–H and O–H groups in total. The number of para-hydroxylation sites is 4. The highest BCUT2D eigenvalue weighted by Gasteiger charge is 2.15. The summed E-state index contributed by atoms with van der Waals surface area (Å²) in [7, 11) is 0. The van der Waals surface area contributed by atoms with Crippen LogP contribution < -0.4 is 0 Å². The molecule has 0 amide bonds. The van der Waals surface area contributed by atoms with Gasteiger partial charge in [0.1, 0.15) is 0 Å². The van der Waals surface area contributed by atoms with Crippen LogP contribution in [0.5, 0.6) is 0 Å². The molecule has 5 nitrogen and oxygen atoms in total. The van der Waals surface area contributed by atoms with Crippen LogP contribution in [0.15, 0.2) is 200 Å². The first-order chi connectivity index (χ1) is 27.8. The van der Waals surface area contributed by atoms with E-state index in [1.54, 1.807) is 0 Å². The molecular weight excluding hydrogens is 683 g/mol. The zero-order valence-corrected chi connectivity index (χ0v) is 30.3. The summed E-state index contributed by atoms with van der Waals surface area (Å²) in [6.45, 7) is 0. The minimum atomic E-state index is 0.795. The van der Waals surface area contributed by atoms with E-state index in [-0.39, 0.29) is 0 Å². The third-order valence-electron chi connectivity index (χ3n) is 10.7. The van der Waals surface area contributed by atoms with Crippen molar-refractivity contribution in [2.45, 2.75) is 0 Å². The Morgan fingerprint density at radius 2 is 0.536 bits per heavy atom. The summed E-state index contributed by atoms with van der Waals surface area (Å²) in [5, 5.41) is 4.97. The second-order valence-electron chi connectivity index (χ2n) is 14.1. The maximum atomic E-state index is 5.14. The van der Waals surface area contributed by atoms with Gasteiger partial charge in [0.15, 0.2) is 0 Å². The SMILES string of the molecule is c1cc(-c2cccc(-c3cccc(-c4cccc(-c5cccc(-n6c7ccccc7c7ccccc76)c5)n4)n3)n2)cc(-n2c3ccccc3c3ccccc32)c1. The lowest BCUT2D eigenvalue weighted by Gasteiger charge is -2.11. The van der Waals surface area contributed by atoms with Crippen molar-refractivity contribution in [3.8, 4) is 56.7 Å². The fourth-order valence-corrected chi connectivity index (χ4v) is 8.21. The molecule has 0 spiro atoms. The van der Waals surface area contributed by atoms with Crippen molar-refractivity contribution in [3.63, 3.8) is 0 Å². The smallest absolute Gasteiger partial charge is 0.0894 e. The fourth-order valence-electron chi connectivity index (χ4n) is 8.21. The van der Waals surface area contributed by atoms with Crippen LogP contribution >= 0.6 is 0 Å². The van der Waals surface area contributed by atoms with Crippen LogP contribution in [0.25, 0.3) is 100 Å². The van der Waals surface area contributed by atoms with Crippen molar-refractivity contribution in [2.24, 2.45) is 0 Å². The maximum Gasteiger partial charge on any atom is 0.0894 e. The molecule has 0 fully saturated rings. The molecule has 0 aliphatic carbocycles. The topological polar surface area (TPSA) is 48.5 Å². The minimum Gasteiger partial charge on any atom is -0.309 e. The van der Waals surface area contributed by atoms with E-state index < -0.39 is 0 Å². The Kier molecular flexibility index (Phi) is 7.42. The highest BCUT2D eigenvalue weighted by atomic mass is 15.0. The lowest BCUT2D eigenvalue weighted by Crippen LogP contribution is -1.96. The van der Waals surface area contributed by atoms with Crippen LogP contribution in [0, 0.1) is 0 Å². The van der Waals surface area contributed by atoms with Gasteiger partial charge in [0.05, 0.1) is 56.2 Å². The summed E-state index contributed by atoms with van der Waals surface area (Å²) in [4.78, 5) is 15.4. The lowest BCUT2D eigenvalue weighted by molar-refractivity contribution is 1.17. The van der Waals surface area contributed by atoms with E-state index in [1.165, 1.54) is 43.6 Å². The molecule has 5 aromatic heterocycles. The molecular formula is C51H33N5. The zero-order chi connectivity index (χ0) is 37.0. The van der Waals surface area contributed by atoms with E-state index in [0.29, 0.717) is 0 Å². The summed E-state index contributed by atoms with van der Waals surface area (Å²) < 4.78 is 4.68. The van der Waals surface area contributed by atoms with Gasteiger partial charge in [-0.05, 0) is 84.9 Å². The molecule has 5 heterocycles. The van der Waals surface area contributed by atoms with E-state index in [1.807, 2.05) is 30.3 Å². The predicted molar refractivity (Wildman–Crippen MR) is 230 cm³/mol. The van der Waals surface area contributed by atoms with Gasteiger partial charge in [-0.15, -0.1) is 0 Å². The Morgan fingerprint density at radius 3 is 0.893 bits per heavy atom. The number of fused-ring (bicyclic) bond motifs is 6. The first-order valence-electron chi connectivity index (χ1n) is 18.9. The van der Waals surface area contributed by atoms with E-state index in [2.05, 4.69) is 179 Å². The lowest BCUT2D eigenvalue weighted by atomic mass is 10.1. The standard InChI is InChI=1S/C51H33N5/c1-5-28-48-38(18-1)39-19-2-6-29-49(39)55(48)36-16-9-14-34(32-36)42-22-11-24-44(52-42)46-26-13-27-47(54-46)45-25-12-23-43(53-45)35-15-10-17-37(33-35)56-50-30-7-3-20-40(50)41-21-4-8-31-51(41)56/h1-33H. The third-order valence-corrected chi connectivity index (χ3v) is 10.7. The van der Waals surface area contributed by atoms with Gasteiger partial charge in [0.25, 0.3) is 0 Å². The van der Waals surface area contributed by atoms with Gasteiger partial charge in [-0.1, -0.05) is 115 Å². The molecule has 0 aliphatic heterocycles. The minimum absolute atomic E-state index is 0.795. The highest BCUT2D eigenvalue weighted by molar-refractivity contribution is 6.10. The molecule has 56 heavy (non-hydrogen) atoms. The Bertz CT molecular complexity index is 2960. The first-order valence-corrected chi connectivity index (χ1v) is 18.9. The second-order valence-corrected chi connectivity index (χ2v) is 14.1. The summed E-state index contributed by atoms with van der Waals surface area (Å²) in [5.41, 5.74) is 14.0. The average Bonchev–Trinajstić information content (AvgIpc) is 3.80. The molecule has 262 valence electrons. The van der Waals surface area contributed by atoms with Gasteiger partial charge in [-0.2, -0.15) is 0 Å². The Labute approximate surface area is 323 Å². The molecule has 0 radical (unpaired) electrons. The summed E-state index contributed by atoms with van der Waals surface area (Å²) in [5.74, 6) is 0. The van der Waals surface area contributed by atoms with Crippen molar-refractivity contribution in [2.75, 3.05) is 0 Å². The van der Waals surface area contributed by atoms with Gasteiger partial charge < -0.3 is 9.13 Å². The number of benzene rings is 6. The molecule has 6 aromatic carbocycles. The van der Waals surface area contributed by atoms with Crippen LogP contribution in [-0.4, -0.2) is 24.1 Å². The number of aromatic nitrogens is 5. The van der Waals surface area contributed by atoms with Gasteiger partial charge in [0.2, 0.25) is 0 Å². The summed E-state index contributed by atoms with van der Waals surface area (Å²) in [6.07, 6.45) is 0. The number of nitrogens with zero attached hydrogens (tertiary/aromatic N) is 5. The van der Waals surface area contributed by atoms with Gasteiger partial charge in [0, 0.05) is 44.0 Å². The van der Waals surface area contributed by atoms with E-state index in [9.17, 15) is 0 Å². The van der Waals surface area contributed by atoms with Crippen molar-refractivity contribution in [1.29, 1.82) is 0 Å². The Hall–Kier alpha value is -7.63. The molecule has 0 atom stereocenters. The van der Waals surface area contributed by atoms with Crippen LogP contribution in [-0.2, 0) is 0 Å². The Balaban J connectivity index is 0.929. The molecule has 0 bridgehead atoms. The molecule has 0 unspecified atom stereocenters. The number of hydrogen-bond donors (Lipinski definition) is 0. The third kappa shape index (κ3) is 5.29. The van der Waals surface area contributed by atoms with Gasteiger partial charge in [-0.25, -0.2) is 15.0 Å². The van der Waals surface area contributed by atoms with Crippen LogP contribution in [0.2, 0.25) is 0 Å². The summed E-state index contributed by atoms with van der Waals surface area (Å²) in [6, 6.07) is 70.0. The van der Waals surface area contributed by atoms with E-state index in [0.717, 1.165) is 56.7 Å². The van der Waals surface area contributed by atoms with Crippen LogP contribution in [0.4, 0.5) is 0 Å². The van der Waals surface area contributed by atoms with E-state index >= 15 is 0 Å². The van der Waals surface area contributed by atoms with Crippen LogP contribution in [0.3, 0.4) is 0 Å². The first kappa shape index (κ1) is 31.9. The molecule has 5 heteroatoms. The van der Waals surface area contributed by atoms with Crippen molar-refractivity contribution < 1.29 is 0 Å². The predicted octanol–water partition coefficient (Wildman–Crippen LogP) is 12.7. The molecule has 11 rings (SSSR count). The number of rotatable bonds is 6. The average molecular weight is 716 g/mol. The molecule has 0 saturated heterocycles. The Morgan fingerprint density at radius 1 is 0.250 bits per heavy atom. The fraction of sp³-hybridized carbons (Fsp3) is 0. The molecule has 0 saturated carbocycles. The van der Waals surface area contributed by atoms with Crippen molar-refractivity contribution >= 4 is 43.6 Å². The quantitative estimate of drug-likeness (QED) is 0.172. The van der Waals surface area contributed by atoms with Crippen molar-refractivity contribution in [3.05, 3.63) is 200 Å². The van der Waals surface area contributed by atoms with Crippen molar-refractivity contribution in [1.82, 2.24) is 24.1 Å². The normalized spacial score (nSPS) is 11.6. The van der Waals surface area contributed by atoms with E-state index in [4.69, 9.17) is 15.0 Å². The number of pyridine rings is 3. The van der Waals surface area contributed by atoms with Gasteiger partial charge in [-0.3, -0.25) is 0 Å². The second kappa shape index (κ2) is 13.0. The monoisotopic (exact) mass is 715 g/mol. The largest absolute Gasteiger partial charge is 0.309 e. The molecule has 11 aromatic rings. The molecule has 0 aliphatic rings.